The van der Waals surface area contributed by atoms with Gasteiger partial charge >= 0.3 is 0 Å². The van der Waals surface area contributed by atoms with Gasteiger partial charge in [-0.15, -0.1) is 0 Å². The van der Waals surface area contributed by atoms with Crippen LogP contribution in [0.5, 0.6) is 0 Å². The van der Waals surface area contributed by atoms with Crippen LogP contribution >= 0.6 is 0 Å². The Hall–Kier alpha value is -2.60. The lowest BCUT2D eigenvalue weighted by Gasteiger charge is -2.25. The Morgan fingerprint density at radius 3 is 2.40 bits per heavy atom. The molecule has 1 aromatic carbocycles. The quantitative estimate of drug-likeness (QED) is 0.798. The standard InChI is InChI=1S/C19H25N3O3/c1-15(2)20-18(23)13-21(3)14-19(24)22(12-17-10-7-11-25-17)16-8-5-4-6-9-16/h4-11,15H,12-14H2,1-3H3,(H,20,23). The summed E-state index contributed by atoms with van der Waals surface area (Å²) in [6.45, 7) is 4.48. The predicted octanol–water partition coefficient (Wildman–Crippen LogP) is 2.27. The van der Waals surface area contributed by atoms with Gasteiger partial charge in [-0.1, -0.05) is 18.2 Å². The van der Waals surface area contributed by atoms with E-state index in [9.17, 15) is 9.59 Å². The molecule has 0 spiro atoms. The van der Waals surface area contributed by atoms with Crippen molar-refractivity contribution in [3.8, 4) is 0 Å². The maximum atomic E-state index is 12.8. The van der Waals surface area contributed by atoms with Crippen LogP contribution in [0.3, 0.4) is 0 Å². The molecule has 2 amide bonds. The van der Waals surface area contributed by atoms with Crippen molar-refractivity contribution in [2.24, 2.45) is 0 Å². The van der Waals surface area contributed by atoms with Crippen LogP contribution in [0.4, 0.5) is 5.69 Å². The predicted molar refractivity (Wildman–Crippen MR) is 97.1 cm³/mol. The van der Waals surface area contributed by atoms with E-state index in [1.54, 1.807) is 29.2 Å². The number of furan rings is 1. The highest BCUT2D eigenvalue weighted by Crippen LogP contribution is 2.17. The van der Waals surface area contributed by atoms with Gasteiger partial charge in [0.15, 0.2) is 0 Å². The van der Waals surface area contributed by atoms with Crippen LogP contribution in [0, 0.1) is 0 Å². The number of para-hydroxylation sites is 1. The number of carbonyl (C=O) groups is 2. The Bertz CT molecular complexity index is 668. The number of likely N-dealkylation sites (N-methyl/N-ethyl adjacent to an activating group) is 1. The molecular weight excluding hydrogens is 318 g/mol. The first-order valence-electron chi connectivity index (χ1n) is 8.31. The molecule has 1 N–H and O–H groups in total. The van der Waals surface area contributed by atoms with E-state index in [1.165, 1.54) is 0 Å². The van der Waals surface area contributed by atoms with Crippen molar-refractivity contribution in [2.75, 3.05) is 25.0 Å². The van der Waals surface area contributed by atoms with Crippen LogP contribution in [0.25, 0.3) is 0 Å². The first-order chi connectivity index (χ1) is 12.0. The summed E-state index contributed by atoms with van der Waals surface area (Å²) in [5, 5.41) is 2.82. The van der Waals surface area contributed by atoms with Crippen molar-refractivity contribution in [3.05, 3.63) is 54.5 Å². The second kappa shape index (κ2) is 9.03. The molecule has 2 rings (SSSR count). The van der Waals surface area contributed by atoms with E-state index in [4.69, 9.17) is 4.42 Å². The molecule has 0 aliphatic carbocycles. The lowest BCUT2D eigenvalue weighted by atomic mass is 10.2. The van der Waals surface area contributed by atoms with E-state index in [0.717, 1.165) is 5.69 Å². The van der Waals surface area contributed by atoms with E-state index in [0.29, 0.717) is 12.3 Å². The molecular formula is C19H25N3O3. The molecule has 2 aromatic rings. The second-order valence-electron chi connectivity index (χ2n) is 6.29. The van der Waals surface area contributed by atoms with Gasteiger partial charge in [-0.3, -0.25) is 14.5 Å². The van der Waals surface area contributed by atoms with Gasteiger partial charge in [-0.05, 0) is 45.2 Å². The molecule has 0 atom stereocenters. The minimum atomic E-state index is -0.0950. The Kier molecular flexibility index (Phi) is 6.77. The molecule has 6 nitrogen and oxygen atoms in total. The SMILES string of the molecule is CC(C)NC(=O)CN(C)CC(=O)N(Cc1ccco1)c1ccccc1. The van der Waals surface area contributed by atoms with E-state index in [-0.39, 0.29) is 30.9 Å². The van der Waals surface area contributed by atoms with Crippen LogP contribution in [-0.4, -0.2) is 42.9 Å². The van der Waals surface area contributed by atoms with Gasteiger partial charge in [0.2, 0.25) is 11.8 Å². The first-order valence-corrected chi connectivity index (χ1v) is 8.31. The molecule has 0 fully saturated rings. The van der Waals surface area contributed by atoms with Gasteiger partial charge < -0.3 is 14.6 Å². The fraction of sp³-hybridized carbons (Fsp3) is 0.368. The number of amides is 2. The number of anilines is 1. The summed E-state index contributed by atoms with van der Waals surface area (Å²) in [6.07, 6.45) is 1.59. The van der Waals surface area contributed by atoms with Crippen LogP contribution in [-0.2, 0) is 16.1 Å². The van der Waals surface area contributed by atoms with Gasteiger partial charge in [0.1, 0.15) is 5.76 Å². The van der Waals surface area contributed by atoms with Crippen molar-refractivity contribution < 1.29 is 14.0 Å². The van der Waals surface area contributed by atoms with Crippen LogP contribution < -0.4 is 10.2 Å². The Morgan fingerprint density at radius 1 is 1.08 bits per heavy atom. The highest BCUT2D eigenvalue weighted by molar-refractivity contribution is 5.94. The number of nitrogens with zero attached hydrogens (tertiary/aromatic N) is 2. The number of rotatable bonds is 8. The molecule has 0 radical (unpaired) electrons. The molecule has 134 valence electrons. The molecule has 0 bridgehead atoms. The monoisotopic (exact) mass is 343 g/mol. The lowest BCUT2D eigenvalue weighted by Crippen LogP contribution is -2.43. The lowest BCUT2D eigenvalue weighted by molar-refractivity contribution is -0.124. The van der Waals surface area contributed by atoms with Crippen molar-refractivity contribution >= 4 is 17.5 Å². The highest BCUT2D eigenvalue weighted by atomic mass is 16.3. The smallest absolute Gasteiger partial charge is 0.241 e. The maximum absolute atomic E-state index is 12.8. The number of nitrogens with one attached hydrogen (secondary N) is 1. The van der Waals surface area contributed by atoms with Crippen molar-refractivity contribution in [1.82, 2.24) is 10.2 Å². The minimum Gasteiger partial charge on any atom is -0.467 e. The molecule has 1 heterocycles. The maximum Gasteiger partial charge on any atom is 0.241 e. The van der Waals surface area contributed by atoms with E-state index < -0.39 is 0 Å². The van der Waals surface area contributed by atoms with Gasteiger partial charge in [0.25, 0.3) is 0 Å². The molecule has 0 unspecified atom stereocenters. The summed E-state index contributed by atoms with van der Waals surface area (Å²) in [7, 11) is 1.76. The number of hydrogen-bond donors (Lipinski definition) is 1. The molecule has 6 heteroatoms. The molecule has 0 aliphatic heterocycles. The number of hydrogen-bond acceptors (Lipinski definition) is 4. The minimum absolute atomic E-state index is 0.0800. The van der Waals surface area contributed by atoms with Gasteiger partial charge in [-0.2, -0.15) is 0 Å². The Labute approximate surface area is 148 Å². The summed E-state index contributed by atoms with van der Waals surface area (Å²) in [6, 6.07) is 13.2. The third-order valence-electron chi connectivity index (χ3n) is 3.53. The van der Waals surface area contributed by atoms with Gasteiger partial charge in [-0.25, -0.2) is 0 Å². The molecule has 25 heavy (non-hydrogen) atoms. The summed E-state index contributed by atoms with van der Waals surface area (Å²) in [4.78, 5) is 28.0. The Morgan fingerprint density at radius 2 is 1.80 bits per heavy atom. The molecule has 0 aliphatic rings. The fourth-order valence-electron chi connectivity index (χ4n) is 2.47. The van der Waals surface area contributed by atoms with E-state index >= 15 is 0 Å². The third-order valence-corrected chi connectivity index (χ3v) is 3.53. The first kappa shape index (κ1) is 18.7. The average molecular weight is 343 g/mol. The second-order valence-corrected chi connectivity index (χ2v) is 6.29. The van der Waals surface area contributed by atoms with E-state index in [2.05, 4.69) is 5.32 Å². The average Bonchev–Trinajstić information content (AvgIpc) is 3.05. The van der Waals surface area contributed by atoms with Crippen LogP contribution in [0.15, 0.2) is 53.1 Å². The topological polar surface area (TPSA) is 65.8 Å². The van der Waals surface area contributed by atoms with Crippen molar-refractivity contribution in [2.45, 2.75) is 26.4 Å². The molecule has 0 saturated carbocycles. The van der Waals surface area contributed by atoms with Gasteiger partial charge in [0, 0.05) is 11.7 Å². The van der Waals surface area contributed by atoms with Gasteiger partial charge in [0.05, 0.1) is 25.9 Å². The summed E-state index contributed by atoms with van der Waals surface area (Å²) in [5.74, 6) is 0.516. The van der Waals surface area contributed by atoms with Crippen molar-refractivity contribution in [3.63, 3.8) is 0 Å². The highest BCUT2D eigenvalue weighted by Gasteiger charge is 2.20. The van der Waals surface area contributed by atoms with Crippen LogP contribution in [0.1, 0.15) is 19.6 Å². The molecule has 0 saturated heterocycles. The largest absolute Gasteiger partial charge is 0.467 e. The van der Waals surface area contributed by atoms with Crippen LogP contribution in [0.2, 0.25) is 0 Å². The zero-order valence-electron chi connectivity index (χ0n) is 14.9. The summed E-state index contributed by atoms with van der Waals surface area (Å²) < 4.78 is 5.38. The fourth-order valence-corrected chi connectivity index (χ4v) is 2.47. The Balaban J connectivity index is 2.03. The normalized spacial score (nSPS) is 10.9. The van der Waals surface area contributed by atoms with E-state index in [1.807, 2.05) is 50.2 Å². The zero-order valence-corrected chi connectivity index (χ0v) is 14.9. The zero-order chi connectivity index (χ0) is 18.2. The third kappa shape index (κ3) is 6.08. The number of benzene rings is 1. The number of carbonyl (C=O) groups excluding carboxylic acids is 2. The summed E-state index contributed by atoms with van der Waals surface area (Å²) in [5.41, 5.74) is 0.795. The summed E-state index contributed by atoms with van der Waals surface area (Å²) >= 11 is 0. The van der Waals surface area contributed by atoms with Crippen molar-refractivity contribution in [1.29, 1.82) is 0 Å². The molecule has 1 aromatic heterocycles.